The summed E-state index contributed by atoms with van der Waals surface area (Å²) in [6.45, 7) is 3.24. The van der Waals surface area contributed by atoms with E-state index in [-0.39, 0.29) is 0 Å². The Bertz CT molecular complexity index is 397. The fourth-order valence-electron chi connectivity index (χ4n) is 1.55. The zero-order chi connectivity index (χ0) is 11.9. The van der Waals surface area contributed by atoms with E-state index in [0.717, 1.165) is 23.8 Å². The monoisotopic (exact) mass is 267 g/mol. The summed E-state index contributed by atoms with van der Waals surface area (Å²) >= 11 is 3.71. The van der Waals surface area contributed by atoms with Gasteiger partial charge >= 0.3 is 0 Å². The van der Waals surface area contributed by atoms with E-state index in [1.807, 2.05) is 35.2 Å². The van der Waals surface area contributed by atoms with Crippen molar-refractivity contribution in [1.82, 2.24) is 5.32 Å². The molecule has 1 atom stereocenters. The van der Waals surface area contributed by atoms with E-state index in [4.69, 9.17) is 4.42 Å². The molecule has 0 saturated heterocycles. The van der Waals surface area contributed by atoms with Crippen molar-refractivity contribution in [1.29, 1.82) is 0 Å². The maximum atomic E-state index is 5.28. The third-order valence-electron chi connectivity index (χ3n) is 2.49. The van der Waals surface area contributed by atoms with E-state index in [0.29, 0.717) is 6.04 Å². The summed E-state index contributed by atoms with van der Waals surface area (Å²) in [6, 6.07) is 8.70. The molecule has 17 heavy (non-hydrogen) atoms. The molecule has 1 N–H and O–H groups in total. The zero-order valence-corrected chi connectivity index (χ0v) is 11.5. The summed E-state index contributed by atoms with van der Waals surface area (Å²) in [6.07, 6.45) is 1.73. The largest absolute Gasteiger partial charge is 0.468 e. The Morgan fingerprint density at radius 3 is 3.06 bits per heavy atom. The van der Waals surface area contributed by atoms with Crippen molar-refractivity contribution in [3.63, 3.8) is 0 Å². The Morgan fingerprint density at radius 2 is 2.35 bits per heavy atom. The van der Waals surface area contributed by atoms with Crippen molar-refractivity contribution >= 4 is 23.1 Å². The van der Waals surface area contributed by atoms with E-state index in [9.17, 15) is 0 Å². The lowest BCUT2D eigenvalue weighted by atomic mass is 10.3. The van der Waals surface area contributed by atoms with Gasteiger partial charge in [0.05, 0.1) is 12.0 Å². The molecule has 0 aliphatic rings. The first-order chi connectivity index (χ1) is 8.36. The zero-order valence-electron chi connectivity index (χ0n) is 9.89. The van der Waals surface area contributed by atoms with Gasteiger partial charge in [0.2, 0.25) is 0 Å². The van der Waals surface area contributed by atoms with Crippen LogP contribution in [0.15, 0.2) is 40.3 Å². The molecule has 0 saturated carbocycles. The first-order valence-corrected chi connectivity index (χ1v) is 7.76. The van der Waals surface area contributed by atoms with Crippen molar-refractivity contribution in [2.24, 2.45) is 0 Å². The normalized spacial score (nSPS) is 12.8. The maximum Gasteiger partial charge on any atom is 0.113 e. The summed E-state index contributed by atoms with van der Waals surface area (Å²) < 4.78 is 5.28. The van der Waals surface area contributed by atoms with Crippen LogP contribution in [0.1, 0.15) is 23.6 Å². The second-order valence-electron chi connectivity index (χ2n) is 3.82. The summed E-state index contributed by atoms with van der Waals surface area (Å²) in [7, 11) is 0. The Hall–Kier alpha value is -0.710. The van der Waals surface area contributed by atoms with Crippen LogP contribution in [0, 0.1) is 0 Å². The summed E-state index contributed by atoms with van der Waals surface area (Å²) in [5, 5.41) is 5.65. The van der Waals surface area contributed by atoms with Gasteiger partial charge in [-0.25, -0.2) is 0 Å². The molecule has 0 radical (unpaired) electrons. The van der Waals surface area contributed by atoms with Crippen LogP contribution in [0.25, 0.3) is 0 Å². The molecule has 92 valence electrons. The van der Waals surface area contributed by atoms with Crippen LogP contribution in [-0.4, -0.2) is 12.3 Å². The number of nitrogens with one attached hydrogen (secondary N) is 1. The van der Waals surface area contributed by atoms with Gasteiger partial charge in [-0.3, -0.25) is 0 Å². The molecule has 0 bridgehead atoms. The average molecular weight is 267 g/mol. The van der Waals surface area contributed by atoms with Crippen molar-refractivity contribution in [3.05, 3.63) is 46.5 Å². The highest BCUT2D eigenvalue weighted by Gasteiger charge is 2.04. The number of rotatable bonds is 7. The van der Waals surface area contributed by atoms with Crippen molar-refractivity contribution in [3.8, 4) is 0 Å². The van der Waals surface area contributed by atoms with Gasteiger partial charge in [0.15, 0.2) is 0 Å². The second-order valence-corrected chi connectivity index (χ2v) is 5.91. The smallest absolute Gasteiger partial charge is 0.113 e. The summed E-state index contributed by atoms with van der Waals surface area (Å²) in [4.78, 5) is 1.40. The fraction of sp³-hybridized carbons (Fsp3) is 0.385. The Morgan fingerprint density at radius 1 is 1.41 bits per heavy atom. The molecule has 4 heteroatoms. The van der Waals surface area contributed by atoms with Crippen LogP contribution in [0.5, 0.6) is 0 Å². The molecule has 0 aliphatic carbocycles. The quantitative estimate of drug-likeness (QED) is 0.770. The van der Waals surface area contributed by atoms with Crippen LogP contribution in [0.3, 0.4) is 0 Å². The molecule has 2 aromatic rings. The topological polar surface area (TPSA) is 25.2 Å². The van der Waals surface area contributed by atoms with Gasteiger partial charge in [-0.05, 0) is 30.5 Å². The highest BCUT2D eigenvalue weighted by atomic mass is 32.2. The molecule has 2 aromatic heterocycles. The van der Waals surface area contributed by atoms with Gasteiger partial charge in [0.25, 0.3) is 0 Å². The van der Waals surface area contributed by atoms with Crippen LogP contribution in [0.4, 0.5) is 0 Å². The Labute approximate surface area is 110 Å². The molecule has 0 fully saturated rings. The van der Waals surface area contributed by atoms with E-state index in [1.165, 1.54) is 4.88 Å². The molecule has 0 amide bonds. The minimum atomic E-state index is 0.458. The summed E-state index contributed by atoms with van der Waals surface area (Å²) in [5.41, 5.74) is 0. The first kappa shape index (κ1) is 12.7. The predicted octanol–water partition coefficient (Wildman–Crippen LogP) is 3.93. The molecule has 2 nitrogen and oxygen atoms in total. The number of thioether (sulfide) groups is 1. The highest BCUT2D eigenvalue weighted by Crippen LogP contribution is 2.18. The van der Waals surface area contributed by atoms with Gasteiger partial charge in [-0.2, -0.15) is 11.8 Å². The van der Waals surface area contributed by atoms with Gasteiger partial charge in [-0.1, -0.05) is 6.07 Å². The molecular formula is C13H17NOS2. The molecule has 2 heterocycles. The van der Waals surface area contributed by atoms with Gasteiger partial charge in [0, 0.05) is 23.2 Å². The lowest BCUT2D eigenvalue weighted by Crippen LogP contribution is -2.20. The minimum absolute atomic E-state index is 0.458. The standard InChI is InChI=1S/C13H17NOS2/c1-11(13-5-3-8-17-13)14-6-9-16-10-12-4-2-7-15-12/h2-5,7-8,11,14H,6,9-10H2,1H3. The van der Waals surface area contributed by atoms with Crippen LogP contribution in [0.2, 0.25) is 0 Å². The van der Waals surface area contributed by atoms with E-state index >= 15 is 0 Å². The number of thiophene rings is 1. The van der Waals surface area contributed by atoms with Crippen LogP contribution < -0.4 is 5.32 Å². The maximum absolute atomic E-state index is 5.28. The highest BCUT2D eigenvalue weighted by molar-refractivity contribution is 7.98. The predicted molar refractivity (Wildman–Crippen MR) is 75.6 cm³/mol. The first-order valence-electron chi connectivity index (χ1n) is 5.73. The SMILES string of the molecule is CC(NCCSCc1ccco1)c1cccs1. The van der Waals surface area contributed by atoms with E-state index in [2.05, 4.69) is 29.8 Å². The molecular weight excluding hydrogens is 250 g/mol. The third-order valence-corrected chi connectivity index (χ3v) is 4.53. The Balaban J connectivity index is 1.57. The van der Waals surface area contributed by atoms with Crippen LogP contribution >= 0.6 is 23.1 Å². The van der Waals surface area contributed by atoms with Gasteiger partial charge in [-0.15, -0.1) is 11.3 Å². The second kappa shape index (κ2) is 6.89. The van der Waals surface area contributed by atoms with E-state index < -0.39 is 0 Å². The van der Waals surface area contributed by atoms with Crippen molar-refractivity contribution in [2.45, 2.75) is 18.7 Å². The van der Waals surface area contributed by atoms with Crippen molar-refractivity contribution in [2.75, 3.05) is 12.3 Å². The van der Waals surface area contributed by atoms with Gasteiger partial charge in [0.1, 0.15) is 5.76 Å². The molecule has 0 spiro atoms. The number of hydrogen-bond acceptors (Lipinski definition) is 4. The van der Waals surface area contributed by atoms with E-state index in [1.54, 1.807) is 6.26 Å². The summed E-state index contributed by atoms with van der Waals surface area (Å²) in [5.74, 6) is 3.12. The average Bonchev–Trinajstić information content (AvgIpc) is 3.01. The lowest BCUT2D eigenvalue weighted by Gasteiger charge is -2.11. The number of furan rings is 1. The molecule has 0 aliphatic heterocycles. The lowest BCUT2D eigenvalue weighted by molar-refractivity contribution is 0.530. The van der Waals surface area contributed by atoms with Gasteiger partial charge < -0.3 is 9.73 Å². The molecule has 1 unspecified atom stereocenters. The van der Waals surface area contributed by atoms with Crippen LogP contribution in [-0.2, 0) is 5.75 Å². The molecule has 2 rings (SSSR count). The van der Waals surface area contributed by atoms with Crippen molar-refractivity contribution < 1.29 is 4.42 Å². The fourth-order valence-corrected chi connectivity index (χ4v) is 3.08. The molecule has 0 aromatic carbocycles. The Kier molecular flexibility index (Phi) is 5.16. The minimum Gasteiger partial charge on any atom is -0.468 e. The number of hydrogen-bond donors (Lipinski definition) is 1. The third kappa shape index (κ3) is 4.22.